The van der Waals surface area contributed by atoms with Crippen LogP contribution in [0.15, 0.2) is 48.5 Å². The van der Waals surface area contributed by atoms with Crippen molar-refractivity contribution in [3.05, 3.63) is 65.5 Å². The van der Waals surface area contributed by atoms with Gasteiger partial charge in [-0.05, 0) is 41.8 Å². The zero-order valence-electron chi connectivity index (χ0n) is 12.7. The minimum absolute atomic E-state index is 0.0259. The minimum atomic E-state index is -0.270. The summed E-state index contributed by atoms with van der Waals surface area (Å²) in [5.41, 5.74) is 3.20. The molecule has 2 aromatic carbocycles. The van der Waals surface area contributed by atoms with Gasteiger partial charge >= 0.3 is 0 Å². The summed E-state index contributed by atoms with van der Waals surface area (Å²) in [7, 11) is 0. The number of carbonyl (C=O) groups is 1. The van der Waals surface area contributed by atoms with Crippen LogP contribution in [0.4, 0.5) is 10.1 Å². The van der Waals surface area contributed by atoms with Gasteiger partial charge in [-0.1, -0.05) is 31.2 Å². The third kappa shape index (κ3) is 5.20. The predicted octanol–water partition coefficient (Wildman–Crippen LogP) is 3.51. The summed E-state index contributed by atoms with van der Waals surface area (Å²) in [4.78, 5) is 11.7. The molecule has 0 aliphatic heterocycles. The lowest BCUT2D eigenvalue weighted by Crippen LogP contribution is -2.24. The van der Waals surface area contributed by atoms with Crippen LogP contribution in [0, 0.1) is 5.82 Å². The average Bonchev–Trinajstić information content (AvgIpc) is 2.55. The summed E-state index contributed by atoms with van der Waals surface area (Å²) in [5.74, 6) is -0.296. The lowest BCUT2D eigenvalue weighted by atomic mass is 10.1. The van der Waals surface area contributed by atoms with Crippen molar-refractivity contribution in [2.24, 2.45) is 0 Å². The van der Waals surface area contributed by atoms with Gasteiger partial charge in [0, 0.05) is 25.2 Å². The Morgan fingerprint density at radius 3 is 2.27 bits per heavy atom. The van der Waals surface area contributed by atoms with Gasteiger partial charge in [-0.25, -0.2) is 4.39 Å². The molecule has 0 heterocycles. The van der Waals surface area contributed by atoms with E-state index in [0.29, 0.717) is 19.5 Å². The Kier molecular flexibility index (Phi) is 5.95. The maximum Gasteiger partial charge on any atom is 0.222 e. The monoisotopic (exact) mass is 300 g/mol. The molecule has 22 heavy (non-hydrogen) atoms. The van der Waals surface area contributed by atoms with E-state index in [1.54, 1.807) is 12.1 Å². The van der Waals surface area contributed by atoms with Crippen molar-refractivity contribution < 1.29 is 9.18 Å². The Hall–Kier alpha value is -2.36. The van der Waals surface area contributed by atoms with E-state index in [2.05, 4.69) is 29.7 Å². The Morgan fingerprint density at radius 1 is 1.00 bits per heavy atom. The van der Waals surface area contributed by atoms with E-state index in [-0.39, 0.29) is 11.7 Å². The number of amides is 1. The highest BCUT2D eigenvalue weighted by Crippen LogP contribution is 2.09. The standard InChI is InChI=1S/C18H21FN2O/c1-2-14-5-9-17(10-6-14)20-12-11-18(22)21-13-15-3-7-16(19)8-4-15/h3-10,20H,2,11-13H2,1H3,(H,21,22). The van der Waals surface area contributed by atoms with Crippen LogP contribution in [-0.2, 0) is 17.8 Å². The molecule has 116 valence electrons. The Labute approximate surface area is 130 Å². The molecule has 0 radical (unpaired) electrons. The molecular weight excluding hydrogens is 279 g/mol. The molecule has 0 saturated heterocycles. The molecule has 0 atom stereocenters. The topological polar surface area (TPSA) is 41.1 Å². The molecule has 2 rings (SSSR count). The van der Waals surface area contributed by atoms with Gasteiger partial charge in [0.2, 0.25) is 5.91 Å². The van der Waals surface area contributed by atoms with Crippen molar-refractivity contribution in [1.29, 1.82) is 0 Å². The summed E-state index contributed by atoms with van der Waals surface area (Å²) in [6.07, 6.45) is 1.42. The molecule has 0 saturated carbocycles. The van der Waals surface area contributed by atoms with Gasteiger partial charge in [-0.3, -0.25) is 4.79 Å². The first-order valence-electron chi connectivity index (χ1n) is 7.51. The van der Waals surface area contributed by atoms with E-state index < -0.39 is 0 Å². The number of carbonyl (C=O) groups excluding carboxylic acids is 1. The van der Waals surface area contributed by atoms with E-state index in [0.717, 1.165) is 17.7 Å². The van der Waals surface area contributed by atoms with E-state index in [1.807, 2.05) is 12.1 Å². The number of nitrogens with one attached hydrogen (secondary N) is 2. The Balaban J connectivity index is 1.67. The Morgan fingerprint density at radius 2 is 1.64 bits per heavy atom. The Bertz CT molecular complexity index is 593. The van der Waals surface area contributed by atoms with Gasteiger partial charge in [0.1, 0.15) is 5.82 Å². The summed E-state index contributed by atoms with van der Waals surface area (Å²) >= 11 is 0. The largest absolute Gasteiger partial charge is 0.385 e. The summed E-state index contributed by atoms with van der Waals surface area (Å²) in [6.45, 7) is 3.12. The zero-order chi connectivity index (χ0) is 15.8. The first-order chi connectivity index (χ1) is 10.7. The molecule has 4 heteroatoms. The van der Waals surface area contributed by atoms with Gasteiger partial charge in [0.05, 0.1) is 0 Å². The van der Waals surface area contributed by atoms with Crippen molar-refractivity contribution >= 4 is 11.6 Å². The van der Waals surface area contributed by atoms with Crippen LogP contribution in [0.3, 0.4) is 0 Å². The second kappa shape index (κ2) is 8.17. The molecule has 0 aliphatic carbocycles. The van der Waals surface area contributed by atoms with Gasteiger partial charge in [0.25, 0.3) is 0 Å². The van der Waals surface area contributed by atoms with Crippen molar-refractivity contribution in [3.8, 4) is 0 Å². The van der Waals surface area contributed by atoms with Crippen molar-refractivity contribution in [2.75, 3.05) is 11.9 Å². The van der Waals surface area contributed by atoms with Crippen LogP contribution in [0.1, 0.15) is 24.5 Å². The second-order valence-corrected chi connectivity index (χ2v) is 5.13. The van der Waals surface area contributed by atoms with E-state index >= 15 is 0 Å². The zero-order valence-corrected chi connectivity index (χ0v) is 12.7. The van der Waals surface area contributed by atoms with Crippen molar-refractivity contribution in [2.45, 2.75) is 26.3 Å². The molecule has 0 aliphatic rings. The first-order valence-corrected chi connectivity index (χ1v) is 7.51. The van der Waals surface area contributed by atoms with Gasteiger partial charge in [-0.2, -0.15) is 0 Å². The fourth-order valence-corrected chi connectivity index (χ4v) is 2.07. The predicted molar refractivity (Wildman–Crippen MR) is 87.2 cm³/mol. The molecule has 1 amide bonds. The number of rotatable bonds is 7. The smallest absolute Gasteiger partial charge is 0.222 e. The van der Waals surface area contributed by atoms with Gasteiger partial charge in [-0.15, -0.1) is 0 Å². The number of benzene rings is 2. The van der Waals surface area contributed by atoms with Crippen LogP contribution in [0.5, 0.6) is 0 Å². The van der Waals surface area contributed by atoms with Gasteiger partial charge in [0.15, 0.2) is 0 Å². The van der Waals surface area contributed by atoms with Crippen LogP contribution in [-0.4, -0.2) is 12.5 Å². The number of aryl methyl sites for hydroxylation is 1. The van der Waals surface area contributed by atoms with E-state index in [1.165, 1.54) is 17.7 Å². The normalized spacial score (nSPS) is 10.3. The highest BCUT2D eigenvalue weighted by atomic mass is 19.1. The fraction of sp³-hybridized carbons (Fsp3) is 0.278. The maximum atomic E-state index is 12.8. The SMILES string of the molecule is CCc1ccc(NCCC(=O)NCc2ccc(F)cc2)cc1. The number of hydrogen-bond donors (Lipinski definition) is 2. The molecule has 2 N–H and O–H groups in total. The molecule has 0 bridgehead atoms. The second-order valence-electron chi connectivity index (χ2n) is 5.13. The highest BCUT2D eigenvalue weighted by Gasteiger charge is 2.01. The molecule has 0 aromatic heterocycles. The van der Waals surface area contributed by atoms with Crippen molar-refractivity contribution in [3.63, 3.8) is 0 Å². The average molecular weight is 300 g/mol. The van der Waals surface area contributed by atoms with Crippen molar-refractivity contribution in [1.82, 2.24) is 5.32 Å². The van der Waals surface area contributed by atoms with Crippen LogP contribution < -0.4 is 10.6 Å². The maximum absolute atomic E-state index is 12.8. The third-order valence-corrected chi connectivity index (χ3v) is 3.45. The molecule has 0 fully saturated rings. The summed E-state index contributed by atoms with van der Waals surface area (Å²) in [6, 6.07) is 14.3. The molecule has 2 aromatic rings. The molecular formula is C18H21FN2O. The quantitative estimate of drug-likeness (QED) is 0.821. The number of anilines is 1. The summed E-state index contributed by atoms with van der Waals surface area (Å²) in [5, 5.41) is 6.04. The first kappa shape index (κ1) is 16.0. The van der Waals surface area contributed by atoms with Crippen LogP contribution in [0.25, 0.3) is 0 Å². The lowest BCUT2D eigenvalue weighted by molar-refractivity contribution is -0.121. The number of hydrogen-bond acceptors (Lipinski definition) is 2. The highest BCUT2D eigenvalue weighted by molar-refractivity contribution is 5.76. The minimum Gasteiger partial charge on any atom is -0.385 e. The van der Waals surface area contributed by atoms with Crippen LogP contribution >= 0.6 is 0 Å². The van der Waals surface area contributed by atoms with Gasteiger partial charge < -0.3 is 10.6 Å². The van der Waals surface area contributed by atoms with E-state index in [4.69, 9.17) is 0 Å². The summed E-state index contributed by atoms with van der Waals surface area (Å²) < 4.78 is 12.8. The molecule has 0 unspecified atom stereocenters. The third-order valence-electron chi connectivity index (χ3n) is 3.45. The lowest BCUT2D eigenvalue weighted by Gasteiger charge is -2.08. The fourth-order valence-electron chi connectivity index (χ4n) is 2.07. The number of halogens is 1. The molecule has 3 nitrogen and oxygen atoms in total. The molecule has 0 spiro atoms. The van der Waals surface area contributed by atoms with E-state index in [9.17, 15) is 9.18 Å². The van der Waals surface area contributed by atoms with Crippen LogP contribution in [0.2, 0.25) is 0 Å².